The number of amides is 1. The number of hydrogen-bond donors (Lipinski definition) is 0. The molecule has 3 aromatic carbocycles. The van der Waals surface area contributed by atoms with Crippen LogP contribution in [0.1, 0.15) is 0 Å². The van der Waals surface area contributed by atoms with Crippen LogP contribution < -0.4 is 14.5 Å². The lowest BCUT2D eigenvalue weighted by molar-refractivity contribution is 0.122. The maximum absolute atomic E-state index is 15.3. The number of thiophene rings is 1. The zero-order valence-corrected chi connectivity index (χ0v) is 24.4. The summed E-state index contributed by atoms with van der Waals surface area (Å²) < 4.78 is 54.8. The molecule has 2 saturated heterocycles. The standard InChI is InChI=1S/C31H30FN3O5S2/c32-28-17-23(8-10-29(28)33-11-13-39-14-12-33)35(31(36)40-30-6-3-15-41-30)20-27-25-18-34(19-26(25)27)42(37,38)24-9-7-21-4-1-2-5-22(21)16-24/h1-10,15-17,25-27H,11-14,18-20H2. The van der Waals surface area contributed by atoms with Crippen molar-refractivity contribution < 1.29 is 27.1 Å². The van der Waals surface area contributed by atoms with Crippen molar-refractivity contribution in [1.29, 1.82) is 0 Å². The predicted octanol–water partition coefficient (Wildman–Crippen LogP) is 5.45. The summed E-state index contributed by atoms with van der Waals surface area (Å²) in [6.07, 6.45) is -0.582. The average Bonchev–Trinajstić information content (AvgIpc) is 3.34. The molecule has 3 heterocycles. The minimum atomic E-state index is -3.64. The molecule has 218 valence electrons. The van der Waals surface area contributed by atoms with E-state index in [-0.39, 0.29) is 22.6 Å². The molecule has 0 bridgehead atoms. The highest BCUT2D eigenvalue weighted by Gasteiger charge is 2.58. The molecule has 11 heteroatoms. The van der Waals surface area contributed by atoms with Crippen LogP contribution in [-0.2, 0) is 14.8 Å². The van der Waals surface area contributed by atoms with Crippen molar-refractivity contribution in [3.63, 3.8) is 0 Å². The third kappa shape index (κ3) is 5.15. The van der Waals surface area contributed by atoms with Crippen molar-refractivity contribution in [3.8, 4) is 5.06 Å². The second-order valence-corrected chi connectivity index (χ2v) is 13.8. The number of carbonyl (C=O) groups excluding carboxylic acids is 1. The van der Waals surface area contributed by atoms with Gasteiger partial charge in [0.1, 0.15) is 5.82 Å². The predicted molar refractivity (Wildman–Crippen MR) is 160 cm³/mol. The molecule has 1 aliphatic carbocycles. The summed E-state index contributed by atoms with van der Waals surface area (Å²) in [5.41, 5.74) is 0.892. The molecule has 2 atom stereocenters. The van der Waals surface area contributed by atoms with Gasteiger partial charge in [0, 0.05) is 32.7 Å². The van der Waals surface area contributed by atoms with Crippen molar-refractivity contribution in [1.82, 2.24) is 4.31 Å². The molecule has 1 aromatic heterocycles. The van der Waals surface area contributed by atoms with Crippen LogP contribution in [-0.4, -0.2) is 64.8 Å². The zero-order chi connectivity index (χ0) is 28.8. The number of nitrogens with zero attached hydrogens (tertiary/aromatic N) is 3. The van der Waals surface area contributed by atoms with Crippen molar-refractivity contribution in [2.24, 2.45) is 17.8 Å². The maximum Gasteiger partial charge on any atom is 0.420 e. The van der Waals surface area contributed by atoms with Crippen LogP contribution in [0.2, 0.25) is 0 Å². The van der Waals surface area contributed by atoms with Gasteiger partial charge in [-0.25, -0.2) is 17.6 Å². The normalized spacial score (nSPS) is 22.2. The summed E-state index contributed by atoms with van der Waals surface area (Å²) in [6, 6.07) is 21.3. The lowest BCUT2D eigenvalue weighted by Crippen LogP contribution is -2.38. The lowest BCUT2D eigenvalue weighted by atomic mass is 10.1. The van der Waals surface area contributed by atoms with E-state index in [0.717, 1.165) is 10.8 Å². The Bertz CT molecular complexity index is 1710. The van der Waals surface area contributed by atoms with Crippen LogP contribution in [0.15, 0.2) is 83.1 Å². The van der Waals surface area contributed by atoms with Gasteiger partial charge in [0.2, 0.25) is 10.0 Å². The molecule has 7 rings (SSSR count). The molecule has 4 aromatic rings. The summed E-state index contributed by atoms with van der Waals surface area (Å²) in [5, 5.41) is 4.15. The molecule has 8 nitrogen and oxygen atoms in total. The van der Waals surface area contributed by atoms with E-state index in [1.807, 2.05) is 40.6 Å². The van der Waals surface area contributed by atoms with E-state index < -0.39 is 21.9 Å². The van der Waals surface area contributed by atoms with Crippen LogP contribution in [0.4, 0.5) is 20.6 Å². The topological polar surface area (TPSA) is 79.4 Å². The fourth-order valence-corrected chi connectivity index (χ4v) is 8.36. The summed E-state index contributed by atoms with van der Waals surface area (Å²) >= 11 is 1.31. The van der Waals surface area contributed by atoms with E-state index in [0.29, 0.717) is 62.4 Å². The summed E-state index contributed by atoms with van der Waals surface area (Å²) in [6.45, 7) is 3.39. The van der Waals surface area contributed by atoms with E-state index in [2.05, 4.69) is 0 Å². The zero-order valence-electron chi connectivity index (χ0n) is 22.8. The third-order valence-corrected chi connectivity index (χ3v) is 11.2. The fraction of sp³-hybridized carbons (Fsp3) is 0.323. The minimum Gasteiger partial charge on any atom is -0.399 e. The SMILES string of the molecule is O=C(Oc1cccs1)N(CC1C2CN(S(=O)(=O)c3ccc4ccccc4c3)CC12)c1ccc(N2CCOCC2)c(F)c1. The Kier molecular flexibility index (Phi) is 7.13. The van der Waals surface area contributed by atoms with Gasteiger partial charge in [-0.15, -0.1) is 11.3 Å². The van der Waals surface area contributed by atoms with Gasteiger partial charge in [-0.05, 0) is 76.4 Å². The molecular formula is C31H30FN3O5S2. The second kappa shape index (κ2) is 11.0. The van der Waals surface area contributed by atoms with Crippen LogP contribution in [0.3, 0.4) is 0 Å². The number of carbonyl (C=O) groups is 1. The van der Waals surface area contributed by atoms with Gasteiger partial charge in [-0.2, -0.15) is 4.31 Å². The first kappa shape index (κ1) is 27.3. The Balaban J connectivity index is 1.08. The molecule has 2 unspecified atom stereocenters. The molecule has 3 aliphatic rings. The quantitative estimate of drug-likeness (QED) is 0.278. The second-order valence-electron chi connectivity index (χ2n) is 11.0. The number of anilines is 2. The summed E-state index contributed by atoms with van der Waals surface area (Å²) in [4.78, 5) is 17.1. The molecule has 0 spiro atoms. The Morgan fingerprint density at radius 1 is 0.976 bits per heavy atom. The highest BCUT2D eigenvalue weighted by Crippen LogP contribution is 2.53. The van der Waals surface area contributed by atoms with E-state index in [4.69, 9.17) is 9.47 Å². The molecule has 3 fully saturated rings. The Morgan fingerprint density at radius 3 is 2.45 bits per heavy atom. The number of morpholine rings is 1. The largest absolute Gasteiger partial charge is 0.420 e. The third-order valence-electron chi connectivity index (χ3n) is 8.59. The first-order valence-electron chi connectivity index (χ1n) is 14.0. The summed E-state index contributed by atoms with van der Waals surface area (Å²) in [7, 11) is -3.64. The van der Waals surface area contributed by atoms with E-state index in [9.17, 15) is 13.2 Å². The Morgan fingerprint density at radius 2 is 1.74 bits per heavy atom. The summed E-state index contributed by atoms with van der Waals surface area (Å²) in [5.74, 6) is -0.0811. The molecular weight excluding hydrogens is 577 g/mol. The number of sulfonamides is 1. The lowest BCUT2D eigenvalue weighted by Gasteiger charge is -2.30. The van der Waals surface area contributed by atoms with Gasteiger partial charge < -0.3 is 14.4 Å². The van der Waals surface area contributed by atoms with E-state index in [1.165, 1.54) is 22.3 Å². The van der Waals surface area contributed by atoms with Crippen LogP contribution in [0.5, 0.6) is 5.06 Å². The first-order chi connectivity index (χ1) is 20.4. The van der Waals surface area contributed by atoms with Gasteiger partial charge in [0.05, 0.1) is 29.5 Å². The molecule has 1 amide bonds. The van der Waals surface area contributed by atoms with Gasteiger partial charge in [0.25, 0.3) is 0 Å². The molecule has 2 aliphatic heterocycles. The number of benzene rings is 3. The molecule has 0 N–H and O–H groups in total. The fourth-order valence-electron chi connectivity index (χ4n) is 6.24. The van der Waals surface area contributed by atoms with Gasteiger partial charge in [-0.1, -0.05) is 30.3 Å². The number of ether oxygens (including phenoxy) is 2. The van der Waals surface area contributed by atoms with Gasteiger partial charge >= 0.3 is 6.09 Å². The van der Waals surface area contributed by atoms with Crippen molar-refractivity contribution in [2.75, 3.05) is 55.7 Å². The Hall–Kier alpha value is -3.51. The average molecular weight is 608 g/mol. The maximum atomic E-state index is 15.3. The molecule has 0 radical (unpaired) electrons. The van der Waals surface area contributed by atoms with Crippen LogP contribution in [0, 0.1) is 23.6 Å². The van der Waals surface area contributed by atoms with E-state index >= 15 is 4.39 Å². The van der Waals surface area contributed by atoms with Crippen molar-refractivity contribution in [3.05, 3.63) is 84.0 Å². The van der Waals surface area contributed by atoms with Crippen molar-refractivity contribution >= 4 is 49.6 Å². The van der Waals surface area contributed by atoms with Gasteiger partial charge in [-0.3, -0.25) is 4.90 Å². The van der Waals surface area contributed by atoms with Crippen LogP contribution in [0.25, 0.3) is 10.8 Å². The highest BCUT2D eigenvalue weighted by atomic mass is 32.2. The van der Waals surface area contributed by atoms with Crippen molar-refractivity contribution in [2.45, 2.75) is 4.90 Å². The minimum absolute atomic E-state index is 0.0888. The highest BCUT2D eigenvalue weighted by molar-refractivity contribution is 7.89. The monoisotopic (exact) mass is 607 g/mol. The van der Waals surface area contributed by atoms with Crippen LogP contribution >= 0.6 is 11.3 Å². The van der Waals surface area contributed by atoms with E-state index in [1.54, 1.807) is 40.7 Å². The number of rotatable bonds is 7. The number of fused-ring (bicyclic) bond motifs is 2. The number of hydrogen-bond acceptors (Lipinski definition) is 7. The molecule has 1 saturated carbocycles. The molecule has 42 heavy (non-hydrogen) atoms. The number of halogens is 1. The van der Waals surface area contributed by atoms with Gasteiger partial charge in [0.15, 0.2) is 5.06 Å². The Labute approximate surface area is 247 Å². The number of piperidine rings is 1. The smallest absolute Gasteiger partial charge is 0.399 e. The first-order valence-corrected chi connectivity index (χ1v) is 16.3.